The van der Waals surface area contributed by atoms with Crippen LogP contribution in [-0.4, -0.2) is 154 Å². The topological polar surface area (TPSA) is 93.3 Å². The normalized spacial score (nSPS) is 11.9. The molecule has 0 aromatic heterocycles. The Morgan fingerprint density at radius 1 is 0.190 bits per heavy atom. The third-order valence-corrected chi connectivity index (χ3v) is 13.8. The molecule has 0 amide bonds. The van der Waals surface area contributed by atoms with Crippen LogP contribution >= 0.6 is 0 Å². The quantitative estimate of drug-likeness (QED) is 0.0371. The molecule has 466 valence electrons. The maximum atomic E-state index is 6.05. The van der Waals surface area contributed by atoms with Gasteiger partial charge in [0.25, 0.3) is 0 Å². The first-order chi connectivity index (χ1) is 40.3. The highest BCUT2D eigenvalue weighted by molar-refractivity contribution is 5.82. The average Bonchev–Trinajstić information content (AvgIpc) is 3.11. The van der Waals surface area contributed by atoms with Gasteiger partial charge < -0.3 is 67.3 Å². The number of anilines is 10. The second-order valence-electron chi connectivity index (χ2n) is 23.6. The highest BCUT2D eigenvalue weighted by atomic mass is 16.5. The fraction of sp³-hybridized carbons (Fsp3) is 0.571. The molecule has 0 saturated heterocycles. The maximum absolute atomic E-state index is 6.05. The van der Waals surface area contributed by atoms with Gasteiger partial charge in [-0.3, -0.25) is 0 Å². The minimum Gasteiger partial charge on any atom is -0.377 e. The number of hydrogen-bond donors (Lipinski definition) is 0. The van der Waals surface area contributed by atoms with E-state index in [1.165, 1.54) is 0 Å². The van der Waals surface area contributed by atoms with Gasteiger partial charge in [-0.15, -0.1) is 0 Å². The Morgan fingerprint density at radius 2 is 0.298 bits per heavy atom. The number of benzene rings is 5. The summed E-state index contributed by atoms with van der Waals surface area (Å²) in [5, 5.41) is 0. The van der Waals surface area contributed by atoms with Crippen molar-refractivity contribution in [1.29, 1.82) is 0 Å². The monoisotopic (exact) mass is 1160 g/mol. The summed E-state index contributed by atoms with van der Waals surface area (Å²) in [5.41, 5.74) is 10.7. The van der Waals surface area contributed by atoms with Gasteiger partial charge in [0.1, 0.15) is 0 Å². The molecule has 0 aliphatic heterocycles. The van der Waals surface area contributed by atoms with Gasteiger partial charge in [-0.2, -0.15) is 0 Å². The van der Waals surface area contributed by atoms with Crippen LogP contribution in [0.3, 0.4) is 0 Å². The third kappa shape index (κ3) is 24.9. The largest absolute Gasteiger partial charge is 0.377 e. The summed E-state index contributed by atoms with van der Waals surface area (Å²) in [6.45, 7) is 44.4. The number of ether oxygens (including phenoxy) is 8. The molecule has 0 bridgehead atoms. The maximum Gasteiger partial charge on any atom is 0.0645 e. The third-order valence-electron chi connectivity index (χ3n) is 13.8. The van der Waals surface area contributed by atoms with Gasteiger partial charge in [0, 0.05) is 109 Å². The summed E-state index contributed by atoms with van der Waals surface area (Å²) >= 11 is 0. The van der Waals surface area contributed by atoms with E-state index in [0.29, 0.717) is 52.9 Å². The molecule has 0 saturated carbocycles. The van der Waals surface area contributed by atoms with Gasteiger partial charge in [-0.25, -0.2) is 0 Å². The lowest BCUT2D eigenvalue weighted by atomic mass is 10.1. The van der Waals surface area contributed by atoms with Gasteiger partial charge >= 0.3 is 0 Å². The summed E-state index contributed by atoms with van der Waals surface area (Å²) in [6, 6.07) is 44.6. The van der Waals surface area contributed by atoms with Crippen LogP contribution in [0.25, 0.3) is 0 Å². The van der Waals surface area contributed by atoms with Crippen LogP contribution < -0.4 is 29.4 Å². The number of hydrogen-bond acceptors (Lipinski definition) is 14. The van der Waals surface area contributed by atoms with Crippen LogP contribution in [-0.2, 0) is 37.9 Å². The van der Waals surface area contributed by atoms with Crippen molar-refractivity contribution in [1.82, 2.24) is 0 Å². The van der Waals surface area contributed by atoms with E-state index < -0.39 is 0 Å². The van der Waals surface area contributed by atoms with E-state index in [-0.39, 0.29) is 48.8 Å². The molecule has 14 nitrogen and oxygen atoms in total. The van der Waals surface area contributed by atoms with E-state index in [2.05, 4.69) is 262 Å². The minimum atomic E-state index is 0.155. The molecule has 5 aromatic rings. The van der Waals surface area contributed by atoms with Gasteiger partial charge in [0.2, 0.25) is 0 Å². The summed E-state index contributed by atoms with van der Waals surface area (Å²) in [7, 11) is 0. The lowest BCUT2D eigenvalue weighted by Gasteiger charge is -2.31. The SMILES string of the molecule is CC(C)OCCN(CCOC(C)C)c1ccc(N(c2ccc(N(CCOC(C)C)CCOC(C)C)cc2)c2ccc(N(c3ccc(N(CCOC(C)C)CCOC(C)C)cc3)c3ccc(N(CCOC(C)C)CCOC(C)C)cc3)cc2)cc1. The molecular weight excluding hydrogens is 1050 g/mol. The molecule has 0 radical (unpaired) electrons. The molecule has 0 N–H and O–H groups in total. The van der Waals surface area contributed by atoms with Crippen molar-refractivity contribution >= 4 is 56.9 Å². The van der Waals surface area contributed by atoms with Crippen molar-refractivity contribution in [3.05, 3.63) is 121 Å². The second kappa shape index (κ2) is 37.2. The highest BCUT2D eigenvalue weighted by Gasteiger charge is 2.20. The average molecular weight is 1160 g/mol. The second-order valence-corrected chi connectivity index (χ2v) is 23.6. The zero-order valence-corrected chi connectivity index (χ0v) is 54.4. The van der Waals surface area contributed by atoms with Gasteiger partial charge in [-0.1, -0.05) is 0 Å². The molecule has 0 atom stereocenters. The summed E-state index contributed by atoms with van der Waals surface area (Å²) in [6.07, 6.45) is 1.24. The molecule has 5 aromatic carbocycles. The van der Waals surface area contributed by atoms with E-state index in [4.69, 9.17) is 37.9 Å². The molecule has 5 rings (SSSR count). The molecule has 0 spiro atoms. The first-order valence-corrected chi connectivity index (χ1v) is 31.3. The van der Waals surface area contributed by atoms with Gasteiger partial charge in [0.15, 0.2) is 0 Å². The Labute approximate surface area is 508 Å². The summed E-state index contributed by atoms with van der Waals surface area (Å²) in [4.78, 5) is 14.1. The number of rotatable bonds is 42. The van der Waals surface area contributed by atoms with E-state index in [1.807, 2.05) is 0 Å². The van der Waals surface area contributed by atoms with Crippen LogP contribution in [0.1, 0.15) is 111 Å². The smallest absolute Gasteiger partial charge is 0.0645 e. The van der Waals surface area contributed by atoms with Crippen LogP contribution in [0.4, 0.5) is 56.9 Å². The molecule has 84 heavy (non-hydrogen) atoms. The highest BCUT2D eigenvalue weighted by Crippen LogP contribution is 2.41. The summed E-state index contributed by atoms with van der Waals surface area (Å²) < 4.78 is 48.4. The van der Waals surface area contributed by atoms with Gasteiger partial charge in [0.05, 0.1) is 102 Å². The van der Waals surface area contributed by atoms with Crippen LogP contribution in [0.5, 0.6) is 0 Å². The fourth-order valence-electron chi connectivity index (χ4n) is 9.56. The minimum absolute atomic E-state index is 0.155. The van der Waals surface area contributed by atoms with Crippen molar-refractivity contribution < 1.29 is 37.9 Å². The zero-order valence-electron chi connectivity index (χ0n) is 54.4. The van der Waals surface area contributed by atoms with Crippen LogP contribution in [0, 0.1) is 0 Å². The van der Waals surface area contributed by atoms with E-state index in [0.717, 1.165) is 109 Å². The predicted octanol–water partition coefficient (Wildman–Crippen LogP) is 15.3. The molecule has 0 fully saturated rings. The van der Waals surface area contributed by atoms with E-state index in [9.17, 15) is 0 Å². The lowest BCUT2D eigenvalue weighted by molar-refractivity contribution is 0.0741. The first-order valence-electron chi connectivity index (χ1n) is 31.3. The molecule has 14 heteroatoms. The Balaban J connectivity index is 1.60. The molecule has 0 unspecified atom stereocenters. The van der Waals surface area contributed by atoms with Crippen molar-refractivity contribution in [2.75, 3.05) is 135 Å². The van der Waals surface area contributed by atoms with E-state index >= 15 is 0 Å². The van der Waals surface area contributed by atoms with Crippen LogP contribution in [0.15, 0.2) is 121 Å². The number of nitrogens with zero attached hydrogens (tertiary/aromatic N) is 6. The molecule has 0 aliphatic carbocycles. The zero-order chi connectivity index (χ0) is 61.0. The molecule has 0 aliphatic rings. The molecular formula is C70H108N6O8. The standard InChI is InChI=1S/C70H108N6O8/c1-53(2)77-45-37-71(38-46-78-54(3)4)61-17-25-65(26-18-61)75(66-27-19-62(20-28-66)72(39-47-79-55(5)6)40-48-80-56(7)8)69-33-35-70(36-34-69)76(67-29-21-63(22-30-67)73(41-49-81-57(9)10)42-50-82-58(11)12)68-31-23-64(24-32-68)74(43-51-83-59(13)14)44-52-84-60(15)16/h17-36,53-60H,37-52H2,1-16H3. The van der Waals surface area contributed by atoms with Crippen molar-refractivity contribution in [3.8, 4) is 0 Å². The summed E-state index contributed by atoms with van der Waals surface area (Å²) in [5.74, 6) is 0. The Bertz CT molecular complexity index is 2110. The van der Waals surface area contributed by atoms with E-state index in [1.54, 1.807) is 0 Å². The Kier molecular flexibility index (Phi) is 30.7. The van der Waals surface area contributed by atoms with Gasteiger partial charge in [-0.05, 0) is 232 Å². The van der Waals surface area contributed by atoms with Crippen molar-refractivity contribution in [3.63, 3.8) is 0 Å². The van der Waals surface area contributed by atoms with Crippen molar-refractivity contribution in [2.45, 2.75) is 160 Å². The Hall–Kier alpha value is -5.42. The first kappa shape index (κ1) is 69.4. The fourth-order valence-corrected chi connectivity index (χ4v) is 9.56. The lowest BCUT2D eigenvalue weighted by Crippen LogP contribution is -2.32. The van der Waals surface area contributed by atoms with Crippen LogP contribution in [0.2, 0.25) is 0 Å². The van der Waals surface area contributed by atoms with Crippen molar-refractivity contribution in [2.24, 2.45) is 0 Å². The Morgan fingerprint density at radius 3 is 0.405 bits per heavy atom. The predicted molar refractivity (Wildman–Crippen MR) is 353 cm³/mol. The molecule has 0 heterocycles.